The molecule has 1 atom stereocenters. The Labute approximate surface area is 235 Å². The molecule has 0 radical (unpaired) electrons. The molecule has 1 fully saturated rings. The highest BCUT2D eigenvalue weighted by molar-refractivity contribution is 5.49. The molecule has 2 aliphatic rings. The van der Waals surface area contributed by atoms with E-state index in [1.807, 2.05) is 0 Å². The zero-order chi connectivity index (χ0) is 27.1. The van der Waals surface area contributed by atoms with Crippen molar-refractivity contribution in [1.82, 2.24) is 4.90 Å². The van der Waals surface area contributed by atoms with E-state index in [0.717, 1.165) is 56.7 Å². The van der Waals surface area contributed by atoms with Crippen LogP contribution in [0, 0.1) is 0 Å². The monoisotopic (exact) mass is 526 g/mol. The van der Waals surface area contributed by atoms with E-state index >= 15 is 0 Å². The van der Waals surface area contributed by atoms with E-state index in [0.29, 0.717) is 0 Å². The molecular weight excluding hydrogens is 480 g/mol. The van der Waals surface area contributed by atoms with Gasteiger partial charge in [0.25, 0.3) is 0 Å². The number of nitrogens with two attached hydrogens (primary N) is 1. The summed E-state index contributed by atoms with van der Waals surface area (Å²) in [6.45, 7) is 3.08. The van der Waals surface area contributed by atoms with Gasteiger partial charge in [-0.2, -0.15) is 0 Å². The normalized spacial score (nSPS) is 19.6. The standard InChI is InChI=1S/C35H46N2O2/c1-38-32-25-28-17-21-34(27-29(28)26-33(32)39-2)18-9-10-23-37(34)24-12-20-35(19-11-22-36,30-13-5-3-6-14-30)31-15-7-4-8-16-31/h3-8,13-16,25-26H,9-12,17-24,27,36H2,1-2H3. The molecule has 3 aromatic carbocycles. The Hall–Kier alpha value is -2.82. The van der Waals surface area contributed by atoms with Crippen molar-refractivity contribution in [3.05, 3.63) is 95.1 Å². The lowest BCUT2D eigenvalue weighted by molar-refractivity contribution is 0.0312. The fourth-order valence-corrected chi connectivity index (χ4v) is 7.51. The molecule has 1 aliphatic heterocycles. The third-order valence-corrected chi connectivity index (χ3v) is 9.57. The van der Waals surface area contributed by atoms with Gasteiger partial charge >= 0.3 is 0 Å². The molecule has 3 aromatic rings. The van der Waals surface area contributed by atoms with E-state index < -0.39 is 0 Å². The highest BCUT2D eigenvalue weighted by Gasteiger charge is 2.42. The van der Waals surface area contributed by atoms with Gasteiger partial charge in [-0.3, -0.25) is 4.90 Å². The van der Waals surface area contributed by atoms with Gasteiger partial charge in [0.1, 0.15) is 0 Å². The van der Waals surface area contributed by atoms with Crippen molar-refractivity contribution in [2.45, 2.75) is 75.2 Å². The largest absolute Gasteiger partial charge is 0.493 e. The summed E-state index contributed by atoms with van der Waals surface area (Å²) in [6.07, 6.45) is 11.8. The summed E-state index contributed by atoms with van der Waals surface area (Å²) in [5.74, 6) is 1.70. The summed E-state index contributed by atoms with van der Waals surface area (Å²) in [5.41, 5.74) is 12.0. The van der Waals surface area contributed by atoms with Gasteiger partial charge < -0.3 is 15.2 Å². The second-order valence-electron chi connectivity index (χ2n) is 11.6. The Bertz CT molecular complexity index is 1160. The minimum Gasteiger partial charge on any atom is -0.493 e. The Morgan fingerprint density at radius 1 is 0.795 bits per heavy atom. The minimum absolute atomic E-state index is 0.00603. The van der Waals surface area contributed by atoms with Crippen LogP contribution in [0.2, 0.25) is 0 Å². The van der Waals surface area contributed by atoms with Crippen LogP contribution in [0.4, 0.5) is 0 Å². The van der Waals surface area contributed by atoms with Crippen LogP contribution < -0.4 is 15.2 Å². The van der Waals surface area contributed by atoms with Crippen molar-refractivity contribution >= 4 is 0 Å². The number of rotatable bonds is 11. The number of aryl methyl sites for hydroxylation is 1. The fourth-order valence-electron chi connectivity index (χ4n) is 7.51. The molecule has 1 saturated heterocycles. The second-order valence-corrected chi connectivity index (χ2v) is 11.6. The molecule has 39 heavy (non-hydrogen) atoms. The first-order valence-corrected chi connectivity index (χ1v) is 14.9. The lowest BCUT2D eigenvalue weighted by atomic mass is 9.68. The topological polar surface area (TPSA) is 47.7 Å². The highest BCUT2D eigenvalue weighted by Crippen LogP contribution is 2.45. The number of nitrogens with zero attached hydrogens (tertiary/aromatic N) is 1. The van der Waals surface area contributed by atoms with E-state index in [4.69, 9.17) is 15.2 Å². The van der Waals surface area contributed by atoms with Crippen molar-refractivity contribution in [3.63, 3.8) is 0 Å². The van der Waals surface area contributed by atoms with Crippen molar-refractivity contribution in [2.24, 2.45) is 5.73 Å². The Morgan fingerprint density at radius 2 is 1.41 bits per heavy atom. The summed E-state index contributed by atoms with van der Waals surface area (Å²) < 4.78 is 11.3. The molecule has 1 unspecified atom stereocenters. The number of piperidine rings is 1. The zero-order valence-electron chi connectivity index (χ0n) is 24.0. The molecule has 2 N–H and O–H groups in total. The van der Waals surface area contributed by atoms with Crippen LogP contribution in [0.5, 0.6) is 11.5 Å². The van der Waals surface area contributed by atoms with Crippen molar-refractivity contribution in [1.29, 1.82) is 0 Å². The molecule has 4 heteroatoms. The molecule has 0 bridgehead atoms. The van der Waals surface area contributed by atoms with Gasteiger partial charge in [-0.25, -0.2) is 0 Å². The number of hydrogen-bond acceptors (Lipinski definition) is 4. The quantitative estimate of drug-likeness (QED) is 0.295. The average Bonchev–Trinajstić information content (AvgIpc) is 3.00. The van der Waals surface area contributed by atoms with Crippen LogP contribution in [-0.2, 0) is 18.3 Å². The Morgan fingerprint density at radius 3 is 2.03 bits per heavy atom. The van der Waals surface area contributed by atoms with Crippen LogP contribution >= 0.6 is 0 Å². The van der Waals surface area contributed by atoms with Crippen molar-refractivity contribution < 1.29 is 9.47 Å². The van der Waals surface area contributed by atoms with Crippen LogP contribution in [0.25, 0.3) is 0 Å². The van der Waals surface area contributed by atoms with Crippen molar-refractivity contribution in [2.75, 3.05) is 33.9 Å². The van der Waals surface area contributed by atoms with E-state index in [1.54, 1.807) is 14.2 Å². The summed E-state index contributed by atoms with van der Waals surface area (Å²) in [7, 11) is 3.47. The van der Waals surface area contributed by atoms with E-state index in [9.17, 15) is 0 Å². The number of methoxy groups -OCH3 is 2. The van der Waals surface area contributed by atoms with Gasteiger partial charge in [-0.1, -0.05) is 67.1 Å². The van der Waals surface area contributed by atoms with Gasteiger partial charge in [0.2, 0.25) is 0 Å². The first-order chi connectivity index (χ1) is 19.1. The van der Waals surface area contributed by atoms with Crippen molar-refractivity contribution in [3.8, 4) is 11.5 Å². The average molecular weight is 527 g/mol. The van der Waals surface area contributed by atoms with E-state index in [1.165, 1.54) is 60.9 Å². The van der Waals surface area contributed by atoms with Gasteiger partial charge in [0.05, 0.1) is 14.2 Å². The molecule has 0 amide bonds. The third kappa shape index (κ3) is 5.73. The highest BCUT2D eigenvalue weighted by atomic mass is 16.5. The lowest BCUT2D eigenvalue weighted by Crippen LogP contribution is -2.55. The molecule has 0 aromatic heterocycles. The molecule has 1 aliphatic carbocycles. The second kappa shape index (κ2) is 12.6. The number of hydrogen-bond donors (Lipinski definition) is 1. The SMILES string of the molecule is COc1cc2c(cc1OC)CC1(CCCCN1CCCC(CCCN)(c1ccccc1)c1ccccc1)CC2. The smallest absolute Gasteiger partial charge is 0.161 e. The molecule has 208 valence electrons. The third-order valence-electron chi connectivity index (χ3n) is 9.57. The number of likely N-dealkylation sites (tertiary alicyclic amines) is 1. The predicted octanol–water partition coefficient (Wildman–Crippen LogP) is 6.92. The van der Waals surface area contributed by atoms with Crippen LogP contribution in [0.1, 0.15) is 73.6 Å². The first-order valence-electron chi connectivity index (χ1n) is 14.9. The summed E-state index contributed by atoms with van der Waals surface area (Å²) >= 11 is 0. The maximum Gasteiger partial charge on any atom is 0.161 e. The van der Waals surface area contributed by atoms with Gasteiger partial charge in [-0.05, 0) is 112 Å². The summed E-state index contributed by atoms with van der Waals surface area (Å²) in [4.78, 5) is 2.86. The molecule has 0 saturated carbocycles. The van der Waals surface area contributed by atoms with Crippen LogP contribution in [0.15, 0.2) is 72.8 Å². The molecule has 1 spiro atoms. The van der Waals surface area contributed by atoms with E-state index in [2.05, 4.69) is 77.7 Å². The molecule has 1 heterocycles. The summed E-state index contributed by atoms with van der Waals surface area (Å²) in [6, 6.07) is 26.8. The zero-order valence-corrected chi connectivity index (χ0v) is 24.0. The van der Waals surface area contributed by atoms with E-state index in [-0.39, 0.29) is 11.0 Å². The van der Waals surface area contributed by atoms with Crippen LogP contribution in [0.3, 0.4) is 0 Å². The first kappa shape index (κ1) is 27.7. The molecule has 5 rings (SSSR count). The summed E-state index contributed by atoms with van der Waals surface area (Å²) in [5, 5.41) is 0. The molecule has 4 nitrogen and oxygen atoms in total. The Balaban J connectivity index is 1.38. The van der Waals surface area contributed by atoms with Crippen LogP contribution in [-0.4, -0.2) is 44.3 Å². The maximum atomic E-state index is 6.08. The van der Waals surface area contributed by atoms with Gasteiger partial charge in [0.15, 0.2) is 11.5 Å². The maximum absolute atomic E-state index is 6.08. The van der Waals surface area contributed by atoms with Gasteiger partial charge in [-0.15, -0.1) is 0 Å². The lowest BCUT2D eigenvalue weighted by Gasteiger charge is -2.50. The minimum atomic E-state index is -0.00603. The predicted molar refractivity (Wildman–Crippen MR) is 161 cm³/mol. The van der Waals surface area contributed by atoms with Gasteiger partial charge in [0, 0.05) is 11.0 Å². The number of benzene rings is 3. The fraction of sp³-hybridized carbons (Fsp3) is 0.486. The molecular formula is C35H46N2O2. The number of fused-ring (bicyclic) bond motifs is 1. The number of ether oxygens (including phenoxy) is 2. The Kier molecular flexibility index (Phi) is 8.94.